The number of halogens is 2. The van der Waals surface area contributed by atoms with Crippen LogP contribution in [0.5, 0.6) is 0 Å². The quantitative estimate of drug-likeness (QED) is 0.820. The van der Waals surface area contributed by atoms with Gasteiger partial charge in [0.05, 0.1) is 10.7 Å². The summed E-state index contributed by atoms with van der Waals surface area (Å²) in [5.74, 6) is 0.513. The molecule has 0 N–H and O–H groups in total. The fraction of sp³-hybridized carbons (Fsp3) is 0.308. The molecule has 2 nitrogen and oxygen atoms in total. The van der Waals surface area contributed by atoms with Gasteiger partial charge in [0.1, 0.15) is 12.1 Å². The van der Waals surface area contributed by atoms with E-state index in [1.165, 1.54) is 6.07 Å². The van der Waals surface area contributed by atoms with Gasteiger partial charge in [0.2, 0.25) is 0 Å². The van der Waals surface area contributed by atoms with Crippen molar-refractivity contribution in [3.05, 3.63) is 52.5 Å². The molecule has 0 amide bonds. The van der Waals surface area contributed by atoms with E-state index in [0.717, 1.165) is 5.69 Å². The fourth-order valence-corrected chi connectivity index (χ4v) is 1.74. The van der Waals surface area contributed by atoms with Crippen LogP contribution >= 0.6 is 11.6 Å². The van der Waals surface area contributed by atoms with E-state index in [-0.39, 0.29) is 16.8 Å². The topological polar surface area (TPSA) is 26.0 Å². The van der Waals surface area contributed by atoms with E-state index in [4.69, 9.17) is 16.0 Å². The number of oxazole rings is 1. The fourth-order valence-electron chi connectivity index (χ4n) is 1.55. The monoisotopic (exact) mass is 253 g/mol. The zero-order valence-corrected chi connectivity index (χ0v) is 10.5. The van der Waals surface area contributed by atoms with Crippen molar-refractivity contribution in [2.45, 2.75) is 26.2 Å². The lowest BCUT2D eigenvalue weighted by atomic mass is 10.1. The maximum absolute atomic E-state index is 13.7. The van der Waals surface area contributed by atoms with E-state index in [2.05, 4.69) is 4.98 Å². The maximum atomic E-state index is 13.7. The molecule has 1 aromatic carbocycles. The highest BCUT2D eigenvalue weighted by molar-refractivity contribution is 6.30. The van der Waals surface area contributed by atoms with Gasteiger partial charge in [0.15, 0.2) is 5.89 Å². The van der Waals surface area contributed by atoms with Crippen LogP contribution in [0.3, 0.4) is 0 Å². The third kappa shape index (κ3) is 2.67. The Morgan fingerprint density at radius 3 is 2.82 bits per heavy atom. The van der Waals surface area contributed by atoms with Crippen molar-refractivity contribution in [2.75, 3.05) is 0 Å². The van der Waals surface area contributed by atoms with Crippen LogP contribution in [0, 0.1) is 5.82 Å². The van der Waals surface area contributed by atoms with Crippen LogP contribution < -0.4 is 0 Å². The predicted octanol–water partition coefficient (Wildman–Crippen LogP) is 4.18. The smallest absolute Gasteiger partial charge is 0.196 e. The molecule has 17 heavy (non-hydrogen) atoms. The summed E-state index contributed by atoms with van der Waals surface area (Å²) in [6, 6.07) is 4.96. The molecule has 1 aromatic heterocycles. The summed E-state index contributed by atoms with van der Waals surface area (Å²) >= 11 is 5.72. The summed E-state index contributed by atoms with van der Waals surface area (Å²) in [6.45, 7) is 3.99. The second kappa shape index (κ2) is 4.88. The molecule has 0 fully saturated rings. The SMILES string of the molecule is CC(C)c1nc(Cc2cccc(Cl)c2F)co1. The summed E-state index contributed by atoms with van der Waals surface area (Å²) in [6.07, 6.45) is 1.96. The number of nitrogens with zero attached hydrogens (tertiary/aromatic N) is 1. The molecule has 0 aliphatic heterocycles. The summed E-state index contributed by atoms with van der Waals surface area (Å²) < 4.78 is 19.0. The number of hydrogen-bond acceptors (Lipinski definition) is 2. The van der Waals surface area contributed by atoms with E-state index in [1.807, 2.05) is 13.8 Å². The molecule has 2 aromatic rings. The molecule has 2 rings (SSSR count). The zero-order chi connectivity index (χ0) is 12.4. The van der Waals surface area contributed by atoms with Crippen molar-refractivity contribution in [1.82, 2.24) is 4.98 Å². The number of aromatic nitrogens is 1. The van der Waals surface area contributed by atoms with Crippen LogP contribution in [0.4, 0.5) is 4.39 Å². The second-order valence-corrected chi connectivity index (χ2v) is 4.63. The molecule has 0 atom stereocenters. The highest BCUT2D eigenvalue weighted by atomic mass is 35.5. The van der Waals surface area contributed by atoms with Crippen LogP contribution in [0.15, 0.2) is 28.9 Å². The number of benzene rings is 1. The summed E-state index contributed by atoms with van der Waals surface area (Å²) in [4.78, 5) is 4.30. The first-order chi connectivity index (χ1) is 8.08. The first-order valence-corrected chi connectivity index (χ1v) is 5.83. The molecule has 0 spiro atoms. The summed E-state index contributed by atoms with van der Waals surface area (Å²) in [7, 11) is 0. The Morgan fingerprint density at radius 2 is 2.18 bits per heavy atom. The average Bonchev–Trinajstić information content (AvgIpc) is 2.73. The minimum absolute atomic E-state index is 0.134. The van der Waals surface area contributed by atoms with Gasteiger partial charge in [-0.25, -0.2) is 9.37 Å². The standard InChI is InChI=1S/C13H13ClFNO/c1-8(2)13-16-10(7-17-13)6-9-4-3-5-11(14)12(9)15/h3-5,7-8H,6H2,1-2H3. The van der Waals surface area contributed by atoms with Gasteiger partial charge in [-0.05, 0) is 11.6 Å². The summed E-state index contributed by atoms with van der Waals surface area (Å²) in [5, 5.41) is 0.134. The third-order valence-electron chi connectivity index (χ3n) is 2.47. The number of rotatable bonds is 3. The second-order valence-electron chi connectivity index (χ2n) is 4.22. The van der Waals surface area contributed by atoms with E-state index < -0.39 is 0 Å². The van der Waals surface area contributed by atoms with Crippen LogP contribution in [-0.4, -0.2) is 4.98 Å². The van der Waals surface area contributed by atoms with Crippen molar-refractivity contribution in [2.24, 2.45) is 0 Å². The lowest BCUT2D eigenvalue weighted by Crippen LogP contribution is -1.94. The third-order valence-corrected chi connectivity index (χ3v) is 2.76. The molecule has 0 unspecified atom stereocenters. The Hall–Kier alpha value is -1.35. The first-order valence-electron chi connectivity index (χ1n) is 5.45. The highest BCUT2D eigenvalue weighted by Gasteiger charge is 2.11. The van der Waals surface area contributed by atoms with Crippen molar-refractivity contribution in [3.63, 3.8) is 0 Å². The van der Waals surface area contributed by atoms with Crippen molar-refractivity contribution < 1.29 is 8.81 Å². The van der Waals surface area contributed by atoms with Gasteiger partial charge in [0.25, 0.3) is 0 Å². The highest BCUT2D eigenvalue weighted by Crippen LogP contribution is 2.21. The van der Waals surface area contributed by atoms with Gasteiger partial charge in [-0.3, -0.25) is 0 Å². The van der Waals surface area contributed by atoms with Gasteiger partial charge in [-0.1, -0.05) is 37.6 Å². The normalized spacial score (nSPS) is 11.1. The van der Waals surface area contributed by atoms with Crippen LogP contribution in [-0.2, 0) is 6.42 Å². The van der Waals surface area contributed by atoms with Crippen molar-refractivity contribution in [3.8, 4) is 0 Å². The Labute approximate surface area is 104 Å². The zero-order valence-electron chi connectivity index (χ0n) is 9.71. The largest absolute Gasteiger partial charge is 0.448 e. The Bertz CT molecular complexity index is 522. The molecule has 1 heterocycles. The van der Waals surface area contributed by atoms with Crippen LogP contribution in [0.25, 0.3) is 0 Å². The molecule has 0 radical (unpaired) electrons. The molecule has 0 saturated heterocycles. The average molecular weight is 254 g/mol. The van der Waals surface area contributed by atoms with E-state index in [9.17, 15) is 4.39 Å². The van der Waals surface area contributed by atoms with Gasteiger partial charge >= 0.3 is 0 Å². The minimum Gasteiger partial charge on any atom is -0.448 e. The number of hydrogen-bond donors (Lipinski definition) is 0. The van der Waals surface area contributed by atoms with E-state index >= 15 is 0 Å². The minimum atomic E-state index is -0.386. The molecule has 0 aliphatic rings. The molecular weight excluding hydrogens is 241 g/mol. The van der Waals surface area contributed by atoms with Gasteiger partial charge in [-0.2, -0.15) is 0 Å². The predicted molar refractivity (Wildman–Crippen MR) is 64.8 cm³/mol. The van der Waals surface area contributed by atoms with Crippen molar-refractivity contribution in [1.29, 1.82) is 0 Å². The molecule has 0 saturated carbocycles. The summed E-state index contributed by atoms with van der Waals surface area (Å²) in [5.41, 5.74) is 1.25. The molecule has 0 bridgehead atoms. The Morgan fingerprint density at radius 1 is 1.41 bits per heavy atom. The Kier molecular flexibility index (Phi) is 3.48. The molecule has 90 valence electrons. The first kappa shape index (κ1) is 12.1. The Balaban J connectivity index is 2.22. The molecule has 4 heteroatoms. The van der Waals surface area contributed by atoms with Crippen LogP contribution in [0.2, 0.25) is 5.02 Å². The van der Waals surface area contributed by atoms with Crippen LogP contribution in [0.1, 0.15) is 36.9 Å². The van der Waals surface area contributed by atoms with E-state index in [0.29, 0.717) is 17.9 Å². The van der Waals surface area contributed by atoms with Gasteiger partial charge in [0, 0.05) is 12.3 Å². The molecule has 0 aliphatic carbocycles. The van der Waals surface area contributed by atoms with Gasteiger partial charge in [-0.15, -0.1) is 0 Å². The lowest BCUT2D eigenvalue weighted by molar-refractivity contribution is 0.470. The van der Waals surface area contributed by atoms with Crippen molar-refractivity contribution >= 4 is 11.6 Å². The van der Waals surface area contributed by atoms with Gasteiger partial charge < -0.3 is 4.42 Å². The lowest BCUT2D eigenvalue weighted by Gasteiger charge is -2.01. The maximum Gasteiger partial charge on any atom is 0.196 e. The molecular formula is C13H13ClFNO. The van der Waals surface area contributed by atoms with E-state index in [1.54, 1.807) is 18.4 Å².